The first-order valence-electron chi connectivity index (χ1n) is 8.79. The van der Waals surface area contributed by atoms with Gasteiger partial charge in [-0.1, -0.05) is 56.6 Å². The summed E-state index contributed by atoms with van der Waals surface area (Å²) in [4.78, 5) is 10.4. The zero-order chi connectivity index (χ0) is 20.8. The van der Waals surface area contributed by atoms with E-state index in [9.17, 15) is 4.79 Å². The highest BCUT2D eigenvalue weighted by molar-refractivity contribution is 7.98. The lowest BCUT2D eigenvalue weighted by Crippen LogP contribution is -2.26. The summed E-state index contributed by atoms with van der Waals surface area (Å²) in [6.45, 7) is 6.15. The number of hydrogen-bond acceptors (Lipinski definition) is 5. The molecule has 0 aliphatic rings. The topological polar surface area (TPSA) is 75.6 Å². The molecule has 0 radical (unpaired) electrons. The lowest BCUT2D eigenvalue weighted by molar-refractivity contribution is -0.117. The number of anilines is 1. The molecule has 0 unspecified atom stereocenters. The molecule has 7 heteroatoms. The summed E-state index contributed by atoms with van der Waals surface area (Å²) in [7, 11) is 3.32. The minimum atomic E-state index is 0.528. The van der Waals surface area contributed by atoms with E-state index in [1.165, 1.54) is 18.2 Å². The molecule has 2 aromatic rings. The van der Waals surface area contributed by atoms with Crippen molar-refractivity contribution >= 4 is 35.5 Å². The van der Waals surface area contributed by atoms with Gasteiger partial charge in [0.25, 0.3) is 0 Å². The minimum Gasteiger partial charge on any atom is -0.314 e. The molecule has 5 nitrogen and oxygen atoms in total. The molecule has 0 spiro atoms. The van der Waals surface area contributed by atoms with Gasteiger partial charge in [0.1, 0.15) is 0 Å². The van der Waals surface area contributed by atoms with Crippen molar-refractivity contribution in [2.45, 2.75) is 37.8 Å². The van der Waals surface area contributed by atoms with Crippen LogP contribution >= 0.6 is 23.4 Å². The first-order valence-corrected chi connectivity index (χ1v) is 10.2. The monoisotopic (exact) mass is 410 g/mol. The van der Waals surface area contributed by atoms with Crippen LogP contribution in [0.2, 0.25) is 5.02 Å². The van der Waals surface area contributed by atoms with E-state index >= 15 is 0 Å². The van der Waals surface area contributed by atoms with Crippen molar-refractivity contribution < 1.29 is 4.79 Å². The fourth-order valence-corrected chi connectivity index (χ4v) is 3.29. The van der Waals surface area contributed by atoms with Gasteiger partial charge in [-0.2, -0.15) is 0 Å². The molecule has 0 atom stereocenters. The van der Waals surface area contributed by atoms with Gasteiger partial charge < -0.3 is 5.01 Å². The van der Waals surface area contributed by atoms with Crippen LogP contribution in [-0.2, 0) is 17.0 Å². The Kier molecular flexibility index (Phi) is 13.4. The van der Waals surface area contributed by atoms with Crippen molar-refractivity contribution in [1.29, 1.82) is 0 Å². The maximum atomic E-state index is 9.31. The Balaban J connectivity index is 0.000000838. The second-order valence-corrected chi connectivity index (χ2v) is 6.84. The van der Waals surface area contributed by atoms with Crippen LogP contribution in [0.15, 0.2) is 47.4 Å². The highest BCUT2D eigenvalue weighted by Gasteiger charge is 2.07. The number of benzene rings is 2. The van der Waals surface area contributed by atoms with Gasteiger partial charge in [0.15, 0.2) is 0 Å². The van der Waals surface area contributed by atoms with E-state index in [0.29, 0.717) is 6.41 Å². The summed E-state index contributed by atoms with van der Waals surface area (Å²) in [6.07, 6.45) is 1.55. The molecule has 150 valence electrons. The molecule has 2 rings (SSSR count). The van der Waals surface area contributed by atoms with Crippen molar-refractivity contribution in [3.05, 3.63) is 58.6 Å². The third kappa shape index (κ3) is 9.68. The van der Waals surface area contributed by atoms with Crippen LogP contribution in [-0.4, -0.2) is 25.5 Å². The Hall–Kier alpha value is -1.73. The molecule has 0 aromatic heterocycles. The molecule has 0 saturated carbocycles. The zero-order valence-electron chi connectivity index (χ0n) is 16.8. The summed E-state index contributed by atoms with van der Waals surface area (Å²) in [5, 5.41) is 3.41. The van der Waals surface area contributed by atoms with E-state index < -0.39 is 0 Å². The molecule has 0 saturated heterocycles. The van der Waals surface area contributed by atoms with Crippen molar-refractivity contribution in [1.82, 2.24) is 5.01 Å². The zero-order valence-corrected chi connectivity index (χ0v) is 18.3. The predicted molar refractivity (Wildman–Crippen MR) is 119 cm³/mol. The number of carbonyl (C=O) groups excluding carboxylic acids is 1. The van der Waals surface area contributed by atoms with Crippen molar-refractivity contribution in [2.24, 2.45) is 11.7 Å². The summed E-state index contributed by atoms with van der Waals surface area (Å²) >= 11 is 8.01. The number of hydrogen-bond donors (Lipinski definition) is 2. The predicted octanol–water partition coefficient (Wildman–Crippen LogP) is 4.48. The first-order chi connectivity index (χ1) is 12.9. The molecule has 2 aromatic carbocycles. The van der Waals surface area contributed by atoms with E-state index in [4.69, 9.17) is 23.3 Å². The van der Waals surface area contributed by atoms with Crippen LogP contribution in [0.4, 0.5) is 5.69 Å². The molecular weight excluding hydrogens is 380 g/mol. The average molecular weight is 411 g/mol. The standard InChI is InChI=1S/C16H19ClN2S.C2H6N2O.C2H6/c1-3-12-8-9-14(17)16(10-12)20-11-13-6-4-5-7-15(13)19(2)18;1-4(3)2-5;1-2/h4-10H,3,11,18H2,1-2H3;2H,3H2,1H3;1-2H3. The molecule has 0 bridgehead atoms. The van der Waals surface area contributed by atoms with Crippen LogP contribution < -0.4 is 16.7 Å². The van der Waals surface area contributed by atoms with Crippen LogP contribution in [0.25, 0.3) is 0 Å². The normalized spacial score (nSPS) is 9.33. The lowest BCUT2D eigenvalue weighted by atomic mass is 10.2. The quantitative estimate of drug-likeness (QED) is 0.241. The number of nitrogens with zero attached hydrogens (tertiary/aromatic N) is 2. The van der Waals surface area contributed by atoms with Crippen molar-refractivity contribution in [2.75, 3.05) is 19.1 Å². The Morgan fingerprint density at radius 1 is 1.11 bits per heavy atom. The van der Waals surface area contributed by atoms with E-state index in [2.05, 4.69) is 25.1 Å². The largest absolute Gasteiger partial charge is 0.314 e. The molecule has 0 fully saturated rings. The molecule has 0 aliphatic heterocycles. The van der Waals surface area contributed by atoms with E-state index in [1.54, 1.807) is 16.8 Å². The van der Waals surface area contributed by atoms with Crippen LogP contribution in [0.3, 0.4) is 0 Å². The number of carbonyl (C=O) groups is 1. The van der Waals surface area contributed by atoms with Gasteiger partial charge in [0.05, 0.1) is 10.7 Å². The number of hydrazine groups is 2. The Bertz CT molecular complexity index is 681. The average Bonchev–Trinajstić information content (AvgIpc) is 2.69. The van der Waals surface area contributed by atoms with Gasteiger partial charge in [0, 0.05) is 24.7 Å². The molecule has 0 heterocycles. The van der Waals surface area contributed by atoms with E-state index in [1.807, 2.05) is 45.2 Å². The molecule has 1 amide bonds. The van der Waals surface area contributed by atoms with Gasteiger partial charge in [-0.15, -0.1) is 11.8 Å². The first kappa shape index (κ1) is 25.3. The van der Waals surface area contributed by atoms with Crippen LogP contribution in [0, 0.1) is 0 Å². The Morgan fingerprint density at radius 2 is 1.70 bits per heavy atom. The fourth-order valence-electron chi connectivity index (χ4n) is 2.01. The number of para-hydroxylation sites is 1. The third-order valence-electron chi connectivity index (χ3n) is 3.32. The number of rotatable bonds is 6. The Labute approximate surface area is 172 Å². The van der Waals surface area contributed by atoms with Crippen LogP contribution in [0.5, 0.6) is 0 Å². The smallest absolute Gasteiger partial charge is 0.223 e. The van der Waals surface area contributed by atoms with Gasteiger partial charge in [-0.3, -0.25) is 9.80 Å². The lowest BCUT2D eigenvalue weighted by Gasteiger charge is -2.16. The van der Waals surface area contributed by atoms with Crippen molar-refractivity contribution in [3.8, 4) is 0 Å². The number of amides is 1. The summed E-state index contributed by atoms with van der Waals surface area (Å²) in [5.41, 5.74) is 3.56. The second kappa shape index (κ2) is 14.3. The molecule has 27 heavy (non-hydrogen) atoms. The maximum absolute atomic E-state index is 9.31. The SMILES string of the molecule is CC.CCc1ccc(Cl)c(SCc2ccccc2N(C)N)c1.CN(N)C=O. The highest BCUT2D eigenvalue weighted by atomic mass is 35.5. The summed E-state index contributed by atoms with van der Waals surface area (Å²) in [5.74, 6) is 11.5. The number of aryl methyl sites for hydroxylation is 1. The molecule has 0 aliphatic carbocycles. The van der Waals surface area contributed by atoms with E-state index in [-0.39, 0.29) is 0 Å². The van der Waals surface area contributed by atoms with Gasteiger partial charge in [0.2, 0.25) is 6.41 Å². The van der Waals surface area contributed by atoms with Crippen molar-refractivity contribution in [3.63, 3.8) is 0 Å². The highest BCUT2D eigenvalue weighted by Crippen LogP contribution is 2.32. The number of halogens is 1. The molecule has 4 N–H and O–H groups in total. The maximum Gasteiger partial charge on any atom is 0.223 e. The fraction of sp³-hybridized carbons (Fsp3) is 0.350. The number of thioether (sulfide) groups is 1. The summed E-state index contributed by atoms with van der Waals surface area (Å²) < 4.78 is 0. The van der Waals surface area contributed by atoms with E-state index in [0.717, 1.165) is 32.8 Å². The second-order valence-electron chi connectivity index (χ2n) is 5.42. The van der Waals surface area contributed by atoms with Gasteiger partial charge >= 0.3 is 0 Å². The van der Waals surface area contributed by atoms with Gasteiger partial charge in [-0.05, 0) is 35.7 Å². The Morgan fingerprint density at radius 3 is 2.22 bits per heavy atom. The van der Waals surface area contributed by atoms with Crippen LogP contribution in [0.1, 0.15) is 31.9 Å². The summed E-state index contributed by atoms with van der Waals surface area (Å²) in [6, 6.07) is 14.4. The minimum absolute atomic E-state index is 0.528. The third-order valence-corrected chi connectivity index (χ3v) is 4.87. The molecular formula is C20H31ClN4OS. The number of nitrogens with two attached hydrogens (primary N) is 2. The van der Waals surface area contributed by atoms with Gasteiger partial charge in [-0.25, -0.2) is 11.7 Å².